The van der Waals surface area contributed by atoms with Gasteiger partial charge in [0.05, 0.1) is 0 Å². The zero-order chi connectivity index (χ0) is 15.5. The molecule has 2 heteroatoms. The van der Waals surface area contributed by atoms with Crippen molar-refractivity contribution in [2.24, 2.45) is 0 Å². The molecule has 0 atom stereocenters. The van der Waals surface area contributed by atoms with E-state index >= 15 is 0 Å². The van der Waals surface area contributed by atoms with Crippen LogP contribution in [0.1, 0.15) is 42.3 Å². The second kappa shape index (κ2) is 5.85. The minimum Gasteiger partial charge on any atom is -0.322 e. The molecule has 106 valence electrons. The molecule has 1 amide bonds. The standard InChI is InChI=1S/C19H19NO/c1-5-14-7-6-8-17(13-14)20-18(21)15-9-11-16(12-10-15)19(2,3)4/h1,6-13H,2-4H3,(H,20,21). The van der Waals surface area contributed by atoms with Gasteiger partial charge in [-0.05, 0) is 41.3 Å². The van der Waals surface area contributed by atoms with E-state index in [0.29, 0.717) is 11.3 Å². The van der Waals surface area contributed by atoms with Gasteiger partial charge in [-0.3, -0.25) is 4.79 Å². The smallest absolute Gasteiger partial charge is 0.255 e. The first-order chi connectivity index (χ1) is 9.90. The maximum absolute atomic E-state index is 12.2. The summed E-state index contributed by atoms with van der Waals surface area (Å²) in [6.45, 7) is 6.44. The fourth-order valence-corrected chi connectivity index (χ4v) is 2.01. The molecular formula is C19H19NO. The molecule has 2 rings (SSSR count). The molecule has 0 fully saturated rings. The summed E-state index contributed by atoms with van der Waals surface area (Å²) in [4.78, 5) is 12.2. The van der Waals surface area contributed by atoms with Gasteiger partial charge in [-0.25, -0.2) is 0 Å². The summed E-state index contributed by atoms with van der Waals surface area (Å²) in [7, 11) is 0. The molecule has 0 bridgehead atoms. The second-order valence-corrected chi connectivity index (χ2v) is 6.01. The van der Waals surface area contributed by atoms with Crippen LogP contribution in [0.4, 0.5) is 5.69 Å². The van der Waals surface area contributed by atoms with E-state index in [1.807, 2.05) is 42.5 Å². The van der Waals surface area contributed by atoms with Crippen molar-refractivity contribution in [1.29, 1.82) is 0 Å². The van der Waals surface area contributed by atoms with Crippen LogP contribution in [0.15, 0.2) is 48.5 Å². The van der Waals surface area contributed by atoms with Crippen LogP contribution < -0.4 is 5.32 Å². The second-order valence-electron chi connectivity index (χ2n) is 6.01. The predicted molar refractivity (Wildman–Crippen MR) is 87.5 cm³/mol. The van der Waals surface area contributed by atoms with Crippen LogP contribution in [0, 0.1) is 12.3 Å². The normalized spacial score (nSPS) is 10.8. The van der Waals surface area contributed by atoms with Crippen molar-refractivity contribution in [1.82, 2.24) is 0 Å². The van der Waals surface area contributed by atoms with Gasteiger partial charge in [-0.2, -0.15) is 0 Å². The Labute approximate surface area is 126 Å². The molecule has 0 saturated heterocycles. The molecule has 0 radical (unpaired) electrons. The molecule has 0 aliphatic carbocycles. The highest BCUT2D eigenvalue weighted by Crippen LogP contribution is 2.22. The molecule has 0 spiro atoms. The third kappa shape index (κ3) is 3.73. The van der Waals surface area contributed by atoms with Crippen molar-refractivity contribution in [3.63, 3.8) is 0 Å². The quantitative estimate of drug-likeness (QED) is 0.818. The Kier molecular flexibility index (Phi) is 4.14. The van der Waals surface area contributed by atoms with Gasteiger partial charge < -0.3 is 5.32 Å². The lowest BCUT2D eigenvalue weighted by molar-refractivity contribution is 0.102. The molecule has 2 nitrogen and oxygen atoms in total. The van der Waals surface area contributed by atoms with E-state index in [1.54, 1.807) is 6.07 Å². The largest absolute Gasteiger partial charge is 0.322 e. The summed E-state index contributed by atoms with van der Waals surface area (Å²) in [5.74, 6) is 2.42. The van der Waals surface area contributed by atoms with Crippen LogP contribution in [-0.2, 0) is 5.41 Å². The molecule has 2 aromatic carbocycles. The van der Waals surface area contributed by atoms with Gasteiger partial charge >= 0.3 is 0 Å². The van der Waals surface area contributed by atoms with Crippen LogP contribution in [-0.4, -0.2) is 5.91 Å². The number of carbonyl (C=O) groups is 1. The van der Waals surface area contributed by atoms with Crippen LogP contribution in [0.2, 0.25) is 0 Å². The van der Waals surface area contributed by atoms with Gasteiger partial charge in [0.15, 0.2) is 0 Å². The average molecular weight is 277 g/mol. The van der Waals surface area contributed by atoms with Crippen molar-refractivity contribution in [2.75, 3.05) is 5.32 Å². The number of amides is 1. The molecule has 1 N–H and O–H groups in total. The molecule has 2 aromatic rings. The number of benzene rings is 2. The molecule has 0 aliphatic heterocycles. The molecule has 0 aromatic heterocycles. The van der Waals surface area contributed by atoms with E-state index in [2.05, 4.69) is 32.0 Å². The highest BCUT2D eigenvalue weighted by Gasteiger charge is 2.14. The molecule has 0 unspecified atom stereocenters. The molecular weight excluding hydrogens is 258 g/mol. The number of hydrogen-bond acceptors (Lipinski definition) is 1. The summed E-state index contributed by atoms with van der Waals surface area (Å²) < 4.78 is 0. The molecule has 0 heterocycles. The zero-order valence-corrected chi connectivity index (χ0v) is 12.6. The lowest BCUT2D eigenvalue weighted by atomic mass is 9.87. The van der Waals surface area contributed by atoms with E-state index in [1.165, 1.54) is 5.56 Å². The van der Waals surface area contributed by atoms with E-state index in [4.69, 9.17) is 6.42 Å². The fourth-order valence-electron chi connectivity index (χ4n) is 2.01. The third-order valence-electron chi connectivity index (χ3n) is 3.30. The van der Waals surface area contributed by atoms with Crippen molar-refractivity contribution in [3.8, 4) is 12.3 Å². The summed E-state index contributed by atoms with van der Waals surface area (Å²) in [5, 5.41) is 2.86. The highest BCUT2D eigenvalue weighted by molar-refractivity contribution is 6.04. The minimum absolute atomic E-state index is 0.0795. The van der Waals surface area contributed by atoms with Crippen molar-refractivity contribution >= 4 is 11.6 Å². The highest BCUT2D eigenvalue weighted by atomic mass is 16.1. The van der Waals surface area contributed by atoms with Gasteiger partial charge in [0.1, 0.15) is 0 Å². The van der Waals surface area contributed by atoms with Crippen LogP contribution in [0.5, 0.6) is 0 Å². The monoisotopic (exact) mass is 277 g/mol. The van der Waals surface area contributed by atoms with Crippen molar-refractivity contribution in [2.45, 2.75) is 26.2 Å². The Bertz CT molecular complexity index is 685. The number of carbonyl (C=O) groups excluding carboxylic acids is 1. The van der Waals surface area contributed by atoms with E-state index < -0.39 is 0 Å². The van der Waals surface area contributed by atoms with Crippen LogP contribution in [0.25, 0.3) is 0 Å². The Hall–Kier alpha value is -2.53. The Morgan fingerprint density at radius 1 is 1.10 bits per heavy atom. The number of terminal acetylenes is 1. The molecule has 21 heavy (non-hydrogen) atoms. The molecule has 0 saturated carbocycles. The Morgan fingerprint density at radius 3 is 2.33 bits per heavy atom. The Balaban J connectivity index is 2.15. The SMILES string of the molecule is C#Cc1cccc(NC(=O)c2ccc(C(C)(C)C)cc2)c1. The first-order valence-electron chi connectivity index (χ1n) is 6.89. The lowest BCUT2D eigenvalue weighted by Crippen LogP contribution is -2.14. The molecule has 0 aliphatic rings. The number of nitrogens with one attached hydrogen (secondary N) is 1. The van der Waals surface area contributed by atoms with Gasteiger partial charge in [0.2, 0.25) is 0 Å². The summed E-state index contributed by atoms with van der Waals surface area (Å²) in [5.41, 5.74) is 3.37. The van der Waals surface area contributed by atoms with E-state index in [0.717, 1.165) is 5.56 Å². The van der Waals surface area contributed by atoms with Gasteiger partial charge in [-0.1, -0.05) is 44.9 Å². The number of anilines is 1. The summed E-state index contributed by atoms with van der Waals surface area (Å²) in [6, 6.07) is 14.9. The van der Waals surface area contributed by atoms with Crippen LogP contribution >= 0.6 is 0 Å². The third-order valence-corrected chi connectivity index (χ3v) is 3.30. The van der Waals surface area contributed by atoms with E-state index in [-0.39, 0.29) is 11.3 Å². The first kappa shape index (κ1) is 14.9. The van der Waals surface area contributed by atoms with E-state index in [9.17, 15) is 4.79 Å². The number of hydrogen-bond donors (Lipinski definition) is 1. The lowest BCUT2D eigenvalue weighted by Gasteiger charge is -2.19. The van der Waals surface area contributed by atoms with Gasteiger partial charge in [0, 0.05) is 16.8 Å². The summed E-state index contributed by atoms with van der Waals surface area (Å²) >= 11 is 0. The fraction of sp³-hybridized carbons (Fsp3) is 0.211. The predicted octanol–water partition coefficient (Wildman–Crippen LogP) is 4.22. The van der Waals surface area contributed by atoms with Crippen molar-refractivity contribution in [3.05, 3.63) is 65.2 Å². The summed E-state index contributed by atoms with van der Waals surface area (Å²) in [6.07, 6.45) is 5.36. The minimum atomic E-state index is -0.135. The van der Waals surface area contributed by atoms with Crippen molar-refractivity contribution < 1.29 is 4.79 Å². The Morgan fingerprint density at radius 2 is 1.76 bits per heavy atom. The maximum Gasteiger partial charge on any atom is 0.255 e. The topological polar surface area (TPSA) is 29.1 Å². The first-order valence-corrected chi connectivity index (χ1v) is 6.89. The van der Waals surface area contributed by atoms with Crippen LogP contribution in [0.3, 0.4) is 0 Å². The number of rotatable bonds is 2. The maximum atomic E-state index is 12.2. The van der Waals surface area contributed by atoms with Gasteiger partial charge in [0.25, 0.3) is 5.91 Å². The average Bonchev–Trinajstić information content (AvgIpc) is 2.46. The zero-order valence-electron chi connectivity index (χ0n) is 12.6. The van der Waals surface area contributed by atoms with Gasteiger partial charge in [-0.15, -0.1) is 6.42 Å².